The van der Waals surface area contributed by atoms with E-state index in [-0.39, 0.29) is 18.0 Å². The molecule has 6 heteroatoms. The summed E-state index contributed by atoms with van der Waals surface area (Å²) in [4.78, 5) is 23.8. The predicted molar refractivity (Wildman–Crippen MR) is 92.8 cm³/mol. The van der Waals surface area contributed by atoms with Gasteiger partial charge >= 0.3 is 0 Å². The fraction of sp³-hybridized carbons (Fsp3) is 0.389. The summed E-state index contributed by atoms with van der Waals surface area (Å²) in [5, 5.41) is 7.05. The summed E-state index contributed by atoms with van der Waals surface area (Å²) in [7, 11) is 0. The molecule has 2 rings (SSSR count). The van der Waals surface area contributed by atoms with Gasteiger partial charge in [0, 0.05) is 31.4 Å². The van der Waals surface area contributed by atoms with Crippen molar-refractivity contribution in [1.29, 1.82) is 0 Å². The second kappa shape index (κ2) is 8.98. The minimum absolute atomic E-state index is 0.0901. The van der Waals surface area contributed by atoms with E-state index < -0.39 is 0 Å². The summed E-state index contributed by atoms with van der Waals surface area (Å²) < 4.78 is 6.39. The third-order valence-electron chi connectivity index (χ3n) is 3.50. The molecule has 0 saturated heterocycles. The number of ether oxygens (including phenoxy) is 1. The molecule has 1 aromatic carbocycles. The molecule has 1 heterocycles. The number of nitrogens with one attached hydrogen (secondary N) is 1. The van der Waals surface area contributed by atoms with Crippen molar-refractivity contribution in [3.8, 4) is 11.3 Å². The number of rotatable bonds is 8. The van der Waals surface area contributed by atoms with Crippen molar-refractivity contribution in [2.75, 3.05) is 19.8 Å². The number of hydrogen-bond acceptors (Lipinski definition) is 4. The Morgan fingerprint density at radius 2 is 1.96 bits per heavy atom. The molecule has 1 amide bonds. The summed E-state index contributed by atoms with van der Waals surface area (Å²) in [5.74, 6) is -0.234. The normalized spacial score (nSPS) is 10.6. The van der Waals surface area contributed by atoms with Crippen molar-refractivity contribution >= 4 is 5.91 Å². The fourth-order valence-electron chi connectivity index (χ4n) is 2.18. The lowest BCUT2D eigenvalue weighted by Gasteiger charge is -2.08. The molecule has 0 fully saturated rings. The third-order valence-corrected chi connectivity index (χ3v) is 3.50. The standard InChI is InChI=1S/C18H23N3O3/c1-3-24-12-4-11-19-17(22)13-21-18(23)10-9-16(20-21)15-7-5-14(2)6-8-15/h5-10H,3-4,11-13H2,1-2H3,(H,19,22). The van der Waals surface area contributed by atoms with E-state index in [9.17, 15) is 9.59 Å². The van der Waals surface area contributed by atoms with Crippen molar-refractivity contribution in [2.24, 2.45) is 0 Å². The Balaban J connectivity index is 1.99. The lowest BCUT2D eigenvalue weighted by molar-refractivity contribution is -0.121. The highest BCUT2D eigenvalue weighted by Gasteiger charge is 2.07. The number of aryl methyl sites for hydroxylation is 1. The van der Waals surface area contributed by atoms with Crippen LogP contribution in [0.25, 0.3) is 11.3 Å². The average Bonchev–Trinajstić information content (AvgIpc) is 2.57. The molecule has 1 aromatic heterocycles. The molecule has 0 aliphatic heterocycles. The van der Waals surface area contributed by atoms with E-state index in [2.05, 4.69) is 10.4 Å². The van der Waals surface area contributed by atoms with Crippen molar-refractivity contribution in [3.63, 3.8) is 0 Å². The highest BCUT2D eigenvalue weighted by molar-refractivity contribution is 5.75. The van der Waals surface area contributed by atoms with Crippen LogP contribution in [-0.2, 0) is 16.1 Å². The van der Waals surface area contributed by atoms with Gasteiger partial charge in [0.2, 0.25) is 5.91 Å². The summed E-state index contributed by atoms with van der Waals surface area (Å²) in [5.41, 5.74) is 2.43. The molecule has 24 heavy (non-hydrogen) atoms. The first-order valence-electron chi connectivity index (χ1n) is 8.10. The third kappa shape index (κ3) is 5.31. The van der Waals surface area contributed by atoms with Gasteiger partial charge in [0.1, 0.15) is 6.54 Å². The molecule has 0 bridgehead atoms. The fourth-order valence-corrected chi connectivity index (χ4v) is 2.18. The average molecular weight is 329 g/mol. The van der Waals surface area contributed by atoms with Gasteiger partial charge in [-0.15, -0.1) is 0 Å². The van der Waals surface area contributed by atoms with E-state index in [4.69, 9.17) is 4.74 Å². The maximum Gasteiger partial charge on any atom is 0.267 e. The molecule has 0 unspecified atom stereocenters. The zero-order valence-electron chi connectivity index (χ0n) is 14.1. The number of hydrogen-bond donors (Lipinski definition) is 1. The van der Waals surface area contributed by atoms with Crippen LogP contribution >= 0.6 is 0 Å². The monoisotopic (exact) mass is 329 g/mol. The summed E-state index contributed by atoms with van der Waals surface area (Å²) in [6.45, 7) is 5.64. The minimum atomic E-state index is -0.296. The van der Waals surface area contributed by atoms with Crippen LogP contribution in [0.1, 0.15) is 18.9 Å². The maximum absolute atomic E-state index is 11.9. The molecular formula is C18H23N3O3. The Morgan fingerprint density at radius 1 is 1.21 bits per heavy atom. The van der Waals surface area contributed by atoms with Gasteiger partial charge in [-0.25, -0.2) is 4.68 Å². The van der Waals surface area contributed by atoms with Crippen molar-refractivity contribution in [2.45, 2.75) is 26.8 Å². The van der Waals surface area contributed by atoms with Gasteiger partial charge in [-0.05, 0) is 26.3 Å². The first-order valence-corrected chi connectivity index (χ1v) is 8.10. The molecule has 0 atom stereocenters. The number of carbonyl (C=O) groups is 1. The summed E-state index contributed by atoms with van der Waals surface area (Å²) in [6, 6.07) is 11.0. The van der Waals surface area contributed by atoms with E-state index >= 15 is 0 Å². The number of carbonyl (C=O) groups excluding carboxylic acids is 1. The van der Waals surface area contributed by atoms with Crippen LogP contribution in [0, 0.1) is 6.92 Å². The summed E-state index contributed by atoms with van der Waals surface area (Å²) >= 11 is 0. The van der Waals surface area contributed by atoms with Crippen LogP contribution in [0.2, 0.25) is 0 Å². The molecule has 2 aromatic rings. The highest BCUT2D eigenvalue weighted by Crippen LogP contribution is 2.15. The first kappa shape index (κ1) is 17.9. The van der Waals surface area contributed by atoms with E-state index in [0.717, 1.165) is 17.5 Å². The molecule has 0 saturated carbocycles. The van der Waals surface area contributed by atoms with Gasteiger partial charge in [-0.1, -0.05) is 29.8 Å². The Morgan fingerprint density at radius 3 is 2.67 bits per heavy atom. The van der Waals surface area contributed by atoms with Crippen molar-refractivity contribution in [3.05, 3.63) is 52.3 Å². The van der Waals surface area contributed by atoms with Crippen molar-refractivity contribution < 1.29 is 9.53 Å². The van der Waals surface area contributed by atoms with Crippen LogP contribution in [0.5, 0.6) is 0 Å². The largest absolute Gasteiger partial charge is 0.382 e. The number of nitrogens with zero attached hydrogens (tertiary/aromatic N) is 2. The zero-order chi connectivity index (χ0) is 17.4. The molecule has 128 valence electrons. The SMILES string of the molecule is CCOCCCNC(=O)Cn1nc(-c2ccc(C)cc2)ccc1=O. The van der Waals surface area contributed by atoms with Gasteiger partial charge in [0.15, 0.2) is 0 Å². The van der Waals surface area contributed by atoms with Gasteiger partial charge in [-0.3, -0.25) is 9.59 Å². The number of aromatic nitrogens is 2. The van der Waals surface area contributed by atoms with Crippen LogP contribution in [0.15, 0.2) is 41.2 Å². The predicted octanol–water partition coefficient (Wildman–Crippen LogP) is 1.76. The molecule has 0 radical (unpaired) electrons. The zero-order valence-corrected chi connectivity index (χ0v) is 14.1. The molecule has 1 N–H and O–H groups in total. The van der Waals surface area contributed by atoms with E-state index in [1.54, 1.807) is 6.07 Å². The molecule has 0 aliphatic carbocycles. The lowest BCUT2D eigenvalue weighted by atomic mass is 10.1. The quantitative estimate of drug-likeness (QED) is 0.749. The van der Waals surface area contributed by atoms with E-state index in [1.807, 2.05) is 38.1 Å². The van der Waals surface area contributed by atoms with Gasteiger partial charge in [0.05, 0.1) is 5.69 Å². The second-order valence-corrected chi connectivity index (χ2v) is 5.48. The Labute approximate surface area is 141 Å². The smallest absolute Gasteiger partial charge is 0.267 e. The van der Waals surface area contributed by atoms with Crippen molar-refractivity contribution in [1.82, 2.24) is 15.1 Å². The van der Waals surface area contributed by atoms with E-state index in [1.165, 1.54) is 10.7 Å². The van der Waals surface area contributed by atoms with Gasteiger partial charge < -0.3 is 10.1 Å². The Hall–Kier alpha value is -2.47. The number of amides is 1. The van der Waals surface area contributed by atoms with Crippen LogP contribution in [0.3, 0.4) is 0 Å². The Bertz CT molecular complexity index is 723. The first-order chi connectivity index (χ1) is 11.6. The van der Waals surface area contributed by atoms with Crippen LogP contribution in [0.4, 0.5) is 0 Å². The van der Waals surface area contributed by atoms with Gasteiger partial charge in [-0.2, -0.15) is 5.10 Å². The highest BCUT2D eigenvalue weighted by atomic mass is 16.5. The van der Waals surface area contributed by atoms with E-state index in [0.29, 0.717) is 25.5 Å². The van der Waals surface area contributed by atoms with Crippen LogP contribution < -0.4 is 10.9 Å². The molecule has 6 nitrogen and oxygen atoms in total. The molecule has 0 aliphatic rings. The molecule has 0 spiro atoms. The van der Waals surface area contributed by atoms with Crippen LogP contribution in [-0.4, -0.2) is 35.4 Å². The Kier molecular flexibility index (Phi) is 6.69. The summed E-state index contributed by atoms with van der Waals surface area (Å²) in [6.07, 6.45) is 0.741. The maximum atomic E-state index is 11.9. The minimum Gasteiger partial charge on any atom is -0.382 e. The molecular weight excluding hydrogens is 306 g/mol. The lowest BCUT2D eigenvalue weighted by Crippen LogP contribution is -2.34. The topological polar surface area (TPSA) is 73.2 Å². The number of benzene rings is 1. The second-order valence-electron chi connectivity index (χ2n) is 5.48. The van der Waals surface area contributed by atoms with Gasteiger partial charge in [0.25, 0.3) is 5.56 Å².